The number of rotatable bonds is 8. The van der Waals surface area contributed by atoms with Crippen LogP contribution in [0.5, 0.6) is 0 Å². The van der Waals surface area contributed by atoms with Crippen molar-refractivity contribution >= 4 is 11.8 Å². The topological polar surface area (TPSA) is 32.3 Å². The van der Waals surface area contributed by atoms with Gasteiger partial charge in [-0.2, -0.15) is 0 Å². The van der Waals surface area contributed by atoms with Crippen LogP contribution in [0.4, 0.5) is 0 Å². The van der Waals surface area contributed by atoms with Gasteiger partial charge in [0, 0.05) is 17.2 Å². The quantitative estimate of drug-likeness (QED) is 0.552. The molecule has 0 aromatic heterocycles. The van der Waals surface area contributed by atoms with Crippen LogP contribution in [0.15, 0.2) is 29.2 Å². The summed E-state index contributed by atoms with van der Waals surface area (Å²) < 4.78 is 0. The van der Waals surface area contributed by atoms with E-state index in [9.17, 15) is 5.11 Å². The van der Waals surface area contributed by atoms with Crippen LogP contribution in [0.2, 0.25) is 0 Å². The Bertz CT molecular complexity index is 317. The van der Waals surface area contributed by atoms with E-state index in [0.717, 1.165) is 31.7 Å². The SMILES string of the molecule is CCCNCc1cccc(SCC(O)CC)c1. The van der Waals surface area contributed by atoms with Crippen molar-refractivity contribution in [3.05, 3.63) is 29.8 Å². The first-order valence-corrected chi connectivity index (χ1v) is 7.35. The Morgan fingerprint density at radius 1 is 1.35 bits per heavy atom. The number of aliphatic hydroxyl groups excluding tert-OH is 1. The Balaban J connectivity index is 2.42. The molecule has 1 rings (SSSR count). The Labute approximate surface area is 109 Å². The molecule has 96 valence electrons. The number of hydrogen-bond acceptors (Lipinski definition) is 3. The average molecular weight is 253 g/mol. The Hall–Kier alpha value is -0.510. The van der Waals surface area contributed by atoms with Gasteiger partial charge < -0.3 is 10.4 Å². The van der Waals surface area contributed by atoms with Crippen LogP contribution in [0.25, 0.3) is 0 Å². The van der Waals surface area contributed by atoms with Gasteiger partial charge in [-0.15, -0.1) is 11.8 Å². The van der Waals surface area contributed by atoms with Crippen molar-refractivity contribution in [2.45, 2.75) is 44.2 Å². The fourth-order valence-corrected chi connectivity index (χ4v) is 2.50. The molecule has 1 unspecified atom stereocenters. The highest BCUT2D eigenvalue weighted by Gasteiger charge is 2.02. The van der Waals surface area contributed by atoms with Crippen molar-refractivity contribution in [2.24, 2.45) is 0 Å². The maximum absolute atomic E-state index is 9.53. The van der Waals surface area contributed by atoms with Gasteiger partial charge in [0.25, 0.3) is 0 Å². The zero-order valence-electron chi connectivity index (χ0n) is 10.8. The van der Waals surface area contributed by atoms with Crippen LogP contribution >= 0.6 is 11.8 Å². The molecule has 0 spiro atoms. The Kier molecular flexibility index (Phi) is 7.33. The number of benzene rings is 1. The van der Waals surface area contributed by atoms with Crippen molar-refractivity contribution in [3.63, 3.8) is 0 Å². The van der Waals surface area contributed by atoms with Gasteiger partial charge in [-0.1, -0.05) is 26.0 Å². The van der Waals surface area contributed by atoms with Gasteiger partial charge in [-0.3, -0.25) is 0 Å². The molecule has 1 aromatic carbocycles. The minimum absolute atomic E-state index is 0.193. The second-order valence-electron chi connectivity index (χ2n) is 4.20. The summed E-state index contributed by atoms with van der Waals surface area (Å²) in [5.74, 6) is 0.780. The molecule has 0 bridgehead atoms. The van der Waals surface area contributed by atoms with Gasteiger partial charge in [0.1, 0.15) is 0 Å². The second kappa shape index (κ2) is 8.56. The van der Waals surface area contributed by atoms with Crippen LogP contribution in [0, 0.1) is 0 Å². The molecule has 17 heavy (non-hydrogen) atoms. The molecule has 1 aromatic rings. The van der Waals surface area contributed by atoms with Crippen LogP contribution in [0.1, 0.15) is 32.3 Å². The van der Waals surface area contributed by atoms with Crippen molar-refractivity contribution in [2.75, 3.05) is 12.3 Å². The molecule has 2 N–H and O–H groups in total. The van der Waals surface area contributed by atoms with Gasteiger partial charge in [0.15, 0.2) is 0 Å². The summed E-state index contributed by atoms with van der Waals surface area (Å²) >= 11 is 1.73. The first-order valence-electron chi connectivity index (χ1n) is 6.36. The zero-order chi connectivity index (χ0) is 12.5. The molecule has 3 heteroatoms. The van der Waals surface area contributed by atoms with E-state index in [1.54, 1.807) is 11.8 Å². The van der Waals surface area contributed by atoms with Crippen molar-refractivity contribution in [3.8, 4) is 0 Å². The average Bonchev–Trinajstić information content (AvgIpc) is 2.37. The zero-order valence-corrected chi connectivity index (χ0v) is 11.6. The fourth-order valence-electron chi connectivity index (χ4n) is 1.47. The third-order valence-electron chi connectivity index (χ3n) is 2.57. The second-order valence-corrected chi connectivity index (χ2v) is 5.29. The molecular formula is C14H23NOS. The molecule has 0 saturated carbocycles. The third-order valence-corrected chi connectivity index (χ3v) is 3.71. The summed E-state index contributed by atoms with van der Waals surface area (Å²) in [6.07, 6.45) is 1.80. The van der Waals surface area contributed by atoms with E-state index in [-0.39, 0.29) is 6.10 Å². The summed E-state index contributed by atoms with van der Waals surface area (Å²) in [7, 11) is 0. The molecule has 0 heterocycles. The smallest absolute Gasteiger partial charge is 0.0631 e. The van der Waals surface area contributed by atoms with Crippen molar-refractivity contribution in [1.29, 1.82) is 0 Å². The lowest BCUT2D eigenvalue weighted by Gasteiger charge is -2.09. The predicted molar refractivity (Wildman–Crippen MR) is 75.5 cm³/mol. The summed E-state index contributed by atoms with van der Waals surface area (Å²) in [4.78, 5) is 1.24. The Morgan fingerprint density at radius 3 is 2.88 bits per heavy atom. The van der Waals surface area contributed by atoms with E-state index >= 15 is 0 Å². The van der Waals surface area contributed by atoms with Crippen LogP contribution < -0.4 is 5.32 Å². The summed E-state index contributed by atoms with van der Waals surface area (Å²) in [6.45, 7) is 6.17. The molecule has 1 atom stereocenters. The van der Waals surface area contributed by atoms with Gasteiger partial charge >= 0.3 is 0 Å². The molecular weight excluding hydrogens is 230 g/mol. The van der Waals surface area contributed by atoms with Gasteiger partial charge in [-0.25, -0.2) is 0 Å². The van der Waals surface area contributed by atoms with Gasteiger partial charge in [0.05, 0.1) is 6.10 Å². The lowest BCUT2D eigenvalue weighted by Crippen LogP contribution is -2.13. The number of aliphatic hydroxyl groups is 1. The van der Waals surface area contributed by atoms with Crippen LogP contribution in [-0.4, -0.2) is 23.5 Å². The molecule has 2 nitrogen and oxygen atoms in total. The minimum atomic E-state index is -0.193. The van der Waals surface area contributed by atoms with E-state index < -0.39 is 0 Å². The van der Waals surface area contributed by atoms with Crippen LogP contribution in [0.3, 0.4) is 0 Å². The van der Waals surface area contributed by atoms with Crippen LogP contribution in [-0.2, 0) is 6.54 Å². The summed E-state index contributed by atoms with van der Waals surface area (Å²) in [5.41, 5.74) is 1.31. The molecule has 0 aliphatic carbocycles. The summed E-state index contributed by atoms with van der Waals surface area (Å²) in [6, 6.07) is 8.54. The lowest BCUT2D eigenvalue weighted by atomic mass is 10.2. The number of thioether (sulfide) groups is 1. The highest BCUT2D eigenvalue weighted by atomic mass is 32.2. The summed E-state index contributed by atoms with van der Waals surface area (Å²) in [5, 5.41) is 12.9. The molecule has 0 fully saturated rings. The van der Waals surface area contributed by atoms with E-state index in [1.807, 2.05) is 6.92 Å². The first-order chi connectivity index (χ1) is 8.26. The van der Waals surface area contributed by atoms with Crippen molar-refractivity contribution in [1.82, 2.24) is 5.32 Å². The van der Waals surface area contributed by atoms with E-state index in [2.05, 4.69) is 36.5 Å². The number of nitrogens with one attached hydrogen (secondary N) is 1. The molecule has 0 amide bonds. The first kappa shape index (κ1) is 14.6. The predicted octanol–water partition coefficient (Wildman–Crippen LogP) is 3.05. The lowest BCUT2D eigenvalue weighted by molar-refractivity contribution is 0.195. The number of hydrogen-bond donors (Lipinski definition) is 2. The molecule has 0 aliphatic heterocycles. The standard InChI is InChI=1S/C14H23NOS/c1-3-8-15-10-12-6-5-7-14(9-12)17-11-13(16)4-2/h5-7,9,13,15-16H,3-4,8,10-11H2,1-2H3. The van der Waals surface area contributed by atoms with E-state index in [1.165, 1.54) is 10.5 Å². The molecule has 0 radical (unpaired) electrons. The Morgan fingerprint density at radius 2 is 2.18 bits per heavy atom. The minimum Gasteiger partial charge on any atom is -0.392 e. The maximum atomic E-state index is 9.53. The van der Waals surface area contributed by atoms with Crippen molar-refractivity contribution < 1.29 is 5.11 Å². The fraction of sp³-hybridized carbons (Fsp3) is 0.571. The normalized spacial score (nSPS) is 12.6. The van der Waals surface area contributed by atoms with E-state index in [0.29, 0.717) is 0 Å². The highest BCUT2D eigenvalue weighted by Crippen LogP contribution is 2.20. The van der Waals surface area contributed by atoms with Gasteiger partial charge in [-0.05, 0) is 37.1 Å². The largest absolute Gasteiger partial charge is 0.392 e. The maximum Gasteiger partial charge on any atom is 0.0631 e. The molecule has 0 aliphatic rings. The van der Waals surface area contributed by atoms with E-state index in [4.69, 9.17) is 0 Å². The third kappa shape index (κ3) is 6.10. The molecule has 0 saturated heterocycles. The van der Waals surface area contributed by atoms with Gasteiger partial charge in [0.2, 0.25) is 0 Å². The monoisotopic (exact) mass is 253 g/mol. The highest BCUT2D eigenvalue weighted by molar-refractivity contribution is 7.99.